The fourth-order valence-electron chi connectivity index (χ4n) is 2.66. The molecule has 6 nitrogen and oxygen atoms in total. The number of benzene rings is 1. The van der Waals surface area contributed by atoms with E-state index in [4.69, 9.17) is 10.1 Å². The minimum atomic E-state index is -0.562. The third-order valence-electron chi connectivity index (χ3n) is 3.95. The number of hydrogen-bond acceptors (Lipinski definition) is 4. The van der Waals surface area contributed by atoms with E-state index in [0.717, 1.165) is 24.8 Å². The van der Waals surface area contributed by atoms with Crippen LogP contribution in [0.2, 0.25) is 0 Å². The zero-order chi connectivity index (χ0) is 17.4. The second-order valence-electron chi connectivity index (χ2n) is 5.82. The first-order chi connectivity index (χ1) is 11.6. The molecule has 1 saturated heterocycles. The van der Waals surface area contributed by atoms with E-state index in [1.165, 1.54) is 4.90 Å². The van der Waals surface area contributed by atoms with Crippen molar-refractivity contribution in [2.45, 2.75) is 44.8 Å². The first-order valence-corrected chi connectivity index (χ1v) is 8.26. The first kappa shape index (κ1) is 18.0. The predicted octanol–water partition coefficient (Wildman–Crippen LogP) is 2.89. The molecular formula is C18H24N3O3. The molecule has 1 radical (unpaired) electrons. The molecule has 1 fully saturated rings. The Kier molecular flexibility index (Phi) is 6.78. The van der Waals surface area contributed by atoms with Crippen molar-refractivity contribution in [2.24, 2.45) is 0 Å². The summed E-state index contributed by atoms with van der Waals surface area (Å²) in [6.07, 6.45) is 2.83. The maximum Gasteiger partial charge on any atom is 0.410 e. The molecule has 2 N–H and O–H groups in total. The molecule has 2 amide bonds. The van der Waals surface area contributed by atoms with E-state index in [1.54, 1.807) is 0 Å². The minimum Gasteiger partial charge on any atom is -0.445 e. The molecule has 1 atom stereocenters. The molecule has 1 aliphatic rings. The van der Waals surface area contributed by atoms with Gasteiger partial charge in [0.1, 0.15) is 12.6 Å². The lowest BCUT2D eigenvalue weighted by molar-refractivity contribution is -0.123. The van der Waals surface area contributed by atoms with Gasteiger partial charge in [-0.3, -0.25) is 15.1 Å². The molecule has 1 aromatic carbocycles. The summed E-state index contributed by atoms with van der Waals surface area (Å²) in [7, 11) is 0. The third kappa shape index (κ3) is 5.08. The second kappa shape index (κ2) is 9.05. The average molecular weight is 330 g/mol. The third-order valence-corrected chi connectivity index (χ3v) is 3.95. The number of amidine groups is 1. The summed E-state index contributed by atoms with van der Waals surface area (Å²) in [5.41, 5.74) is 0.904. The summed E-state index contributed by atoms with van der Waals surface area (Å²) in [4.78, 5) is 26.0. The highest BCUT2D eigenvalue weighted by Crippen LogP contribution is 2.19. The van der Waals surface area contributed by atoms with Gasteiger partial charge in [0.05, 0.1) is 5.84 Å². The van der Waals surface area contributed by atoms with Crippen molar-refractivity contribution in [3.63, 3.8) is 0 Å². The zero-order valence-electron chi connectivity index (χ0n) is 13.8. The van der Waals surface area contributed by atoms with Crippen LogP contribution in [0.3, 0.4) is 0 Å². The van der Waals surface area contributed by atoms with E-state index < -0.39 is 12.1 Å². The van der Waals surface area contributed by atoms with E-state index in [0.29, 0.717) is 19.4 Å². The Morgan fingerprint density at radius 2 is 2.08 bits per heavy atom. The Morgan fingerprint density at radius 3 is 2.79 bits per heavy atom. The van der Waals surface area contributed by atoms with Crippen LogP contribution in [-0.4, -0.2) is 35.3 Å². The van der Waals surface area contributed by atoms with Crippen molar-refractivity contribution in [2.75, 3.05) is 6.54 Å². The molecule has 0 saturated carbocycles. The molecule has 0 unspecified atom stereocenters. The Hall–Kier alpha value is -2.37. The van der Waals surface area contributed by atoms with Gasteiger partial charge in [-0.15, -0.1) is 0 Å². The lowest BCUT2D eigenvalue weighted by Crippen LogP contribution is -2.47. The first-order valence-electron chi connectivity index (χ1n) is 8.26. The fourth-order valence-corrected chi connectivity index (χ4v) is 2.66. The number of amides is 2. The van der Waals surface area contributed by atoms with E-state index in [-0.39, 0.29) is 18.3 Å². The quantitative estimate of drug-likeness (QED) is 0.621. The normalized spacial score (nSPS) is 16.7. The van der Waals surface area contributed by atoms with Crippen LogP contribution in [0.4, 0.5) is 4.79 Å². The Morgan fingerprint density at radius 1 is 1.33 bits per heavy atom. The van der Waals surface area contributed by atoms with Gasteiger partial charge in [-0.2, -0.15) is 0 Å². The smallest absolute Gasteiger partial charge is 0.410 e. The van der Waals surface area contributed by atoms with Crippen LogP contribution in [0.15, 0.2) is 30.3 Å². The number of nitrogens with zero attached hydrogens (tertiary/aromatic N) is 1. The lowest BCUT2D eigenvalue weighted by Gasteiger charge is -2.23. The number of carbonyl (C=O) groups excluding carboxylic acids is 2. The molecule has 1 aromatic rings. The largest absolute Gasteiger partial charge is 0.445 e. The van der Waals surface area contributed by atoms with Crippen LogP contribution in [0, 0.1) is 12.3 Å². The highest BCUT2D eigenvalue weighted by Gasteiger charge is 2.35. The van der Waals surface area contributed by atoms with E-state index >= 15 is 0 Å². The molecule has 6 heteroatoms. The van der Waals surface area contributed by atoms with Gasteiger partial charge >= 0.3 is 6.09 Å². The molecule has 129 valence electrons. The summed E-state index contributed by atoms with van der Waals surface area (Å²) >= 11 is 0. The summed E-state index contributed by atoms with van der Waals surface area (Å²) in [6.45, 7) is 4.40. The molecule has 0 aromatic heterocycles. The number of hydrogen-bond donors (Lipinski definition) is 2. The van der Waals surface area contributed by atoms with Crippen LogP contribution >= 0.6 is 0 Å². The van der Waals surface area contributed by atoms with Crippen molar-refractivity contribution in [3.8, 4) is 0 Å². The van der Waals surface area contributed by atoms with Crippen molar-refractivity contribution in [3.05, 3.63) is 42.8 Å². The van der Waals surface area contributed by atoms with Crippen LogP contribution < -0.4 is 5.32 Å². The number of nitrogens with one attached hydrogen (secondary N) is 2. The van der Waals surface area contributed by atoms with Gasteiger partial charge in [-0.25, -0.2) is 4.79 Å². The highest BCUT2D eigenvalue weighted by molar-refractivity contribution is 6.00. The number of ether oxygens (including phenoxy) is 1. The Balaban J connectivity index is 1.85. The van der Waals surface area contributed by atoms with Gasteiger partial charge in [0, 0.05) is 13.0 Å². The summed E-state index contributed by atoms with van der Waals surface area (Å²) in [6, 6.07) is 8.86. The van der Waals surface area contributed by atoms with Crippen molar-refractivity contribution in [1.82, 2.24) is 10.2 Å². The number of rotatable bonds is 6. The lowest BCUT2D eigenvalue weighted by atomic mass is 10.2. The molecule has 0 spiro atoms. The van der Waals surface area contributed by atoms with Crippen LogP contribution in [0.1, 0.15) is 37.7 Å². The van der Waals surface area contributed by atoms with E-state index in [9.17, 15) is 9.59 Å². The van der Waals surface area contributed by atoms with E-state index in [1.807, 2.05) is 30.3 Å². The van der Waals surface area contributed by atoms with Gasteiger partial charge in [-0.05, 0) is 24.8 Å². The highest BCUT2D eigenvalue weighted by atomic mass is 16.6. The Bertz CT molecular complexity index is 574. The van der Waals surface area contributed by atoms with Gasteiger partial charge < -0.3 is 10.1 Å². The summed E-state index contributed by atoms with van der Waals surface area (Å²) < 4.78 is 5.31. The SMILES string of the molecule is [CH2]CCCC(=N)NC(=O)[C@@H]1CCCN1C(=O)OCc1ccccc1. The van der Waals surface area contributed by atoms with E-state index in [2.05, 4.69) is 12.2 Å². The number of carbonyl (C=O) groups is 2. The van der Waals surface area contributed by atoms with Gasteiger partial charge in [0.15, 0.2) is 0 Å². The summed E-state index contributed by atoms with van der Waals surface area (Å²) in [5, 5.41) is 10.3. The average Bonchev–Trinajstić information content (AvgIpc) is 3.08. The van der Waals surface area contributed by atoms with Crippen LogP contribution in [0.25, 0.3) is 0 Å². The second-order valence-corrected chi connectivity index (χ2v) is 5.82. The number of likely N-dealkylation sites (tertiary alicyclic amines) is 1. The monoisotopic (exact) mass is 330 g/mol. The molecule has 0 aliphatic carbocycles. The van der Waals surface area contributed by atoms with Crippen LogP contribution in [0.5, 0.6) is 0 Å². The van der Waals surface area contributed by atoms with Crippen molar-refractivity contribution in [1.29, 1.82) is 5.41 Å². The molecule has 24 heavy (non-hydrogen) atoms. The molecule has 1 aliphatic heterocycles. The summed E-state index contributed by atoms with van der Waals surface area (Å²) in [5.74, 6) is -0.133. The standard InChI is InChI=1S/C18H24N3O3/c1-2-3-11-16(19)20-17(22)15-10-7-12-21(15)18(23)24-13-14-8-5-4-6-9-14/h4-6,8-9,15H,1-3,7,10-13H2,(H2,19,20,22)/t15-/m0/s1. The van der Waals surface area contributed by atoms with Gasteiger partial charge in [0.2, 0.25) is 5.91 Å². The Labute approximate surface area is 142 Å². The fraction of sp³-hybridized carbons (Fsp3) is 0.444. The predicted molar refractivity (Wildman–Crippen MR) is 91.4 cm³/mol. The molecule has 1 heterocycles. The van der Waals surface area contributed by atoms with Crippen molar-refractivity contribution >= 4 is 17.8 Å². The zero-order valence-corrected chi connectivity index (χ0v) is 13.8. The molecule has 0 bridgehead atoms. The van der Waals surface area contributed by atoms with Crippen LogP contribution in [-0.2, 0) is 16.1 Å². The topological polar surface area (TPSA) is 82.5 Å². The minimum absolute atomic E-state index is 0.174. The maximum atomic E-state index is 12.3. The van der Waals surface area contributed by atoms with Gasteiger partial charge in [0.25, 0.3) is 0 Å². The van der Waals surface area contributed by atoms with Crippen molar-refractivity contribution < 1.29 is 14.3 Å². The molecule has 2 rings (SSSR count). The number of unbranched alkanes of at least 4 members (excludes halogenated alkanes) is 1. The maximum absolute atomic E-state index is 12.3. The van der Waals surface area contributed by atoms with Gasteiger partial charge in [-0.1, -0.05) is 43.7 Å². The molecular weight excluding hydrogens is 306 g/mol.